The Kier molecular flexibility index (Phi) is 4.59. The summed E-state index contributed by atoms with van der Waals surface area (Å²) in [6.07, 6.45) is 7.37. The fourth-order valence-electron chi connectivity index (χ4n) is 3.07. The molecule has 0 bridgehead atoms. The summed E-state index contributed by atoms with van der Waals surface area (Å²) < 4.78 is 3.76. The standard InChI is InChI=1S/C15H23N7O/c1-12(9-22-8-4-6-17-22)18-15(23)21-7-3-5-13(10-21)14-19-16-11-20(14)2/h4,6,8,11-13H,3,5,7,9-10H2,1-2H3,(H,18,23)/t12-,13+/m0/s1. The second-order valence-electron chi connectivity index (χ2n) is 6.16. The molecule has 1 N–H and O–H groups in total. The van der Waals surface area contributed by atoms with Crippen LogP contribution in [0.15, 0.2) is 24.8 Å². The van der Waals surface area contributed by atoms with E-state index in [0.29, 0.717) is 13.1 Å². The summed E-state index contributed by atoms with van der Waals surface area (Å²) in [7, 11) is 1.94. The summed E-state index contributed by atoms with van der Waals surface area (Å²) >= 11 is 0. The lowest BCUT2D eigenvalue weighted by atomic mass is 9.97. The van der Waals surface area contributed by atoms with E-state index in [1.165, 1.54) is 0 Å². The zero-order chi connectivity index (χ0) is 16.2. The summed E-state index contributed by atoms with van der Waals surface area (Å²) in [5.74, 6) is 1.20. The summed E-state index contributed by atoms with van der Waals surface area (Å²) in [5.41, 5.74) is 0. The van der Waals surface area contributed by atoms with Crippen molar-refractivity contribution in [1.29, 1.82) is 0 Å². The number of hydrogen-bond acceptors (Lipinski definition) is 4. The molecule has 0 aromatic carbocycles. The van der Waals surface area contributed by atoms with Gasteiger partial charge in [-0.1, -0.05) is 0 Å². The summed E-state index contributed by atoms with van der Waals surface area (Å²) in [6, 6.07) is 1.89. The van der Waals surface area contributed by atoms with Gasteiger partial charge in [-0.15, -0.1) is 10.2 Å². The molecule has 8 heteroatoms. The number of aromatic nitrogens is 5. The Morgan fingerprint density at radius 2 is 2.39 bits per heavy atom. The quantitative estimate of drug-likeness (QED) is 0.912. The van der Waals surface area contributed by atoms with Crippen LogP contribution in [0.25, 0.3) is 0 Å². The topological polar surface area (TPSA) is 80.9 Å². The highest BCUT2D eigenvalue weighted by Crippen LogP contribution is 2.24. The summed E-state index contributed by atoms with van der Waals surface area (Å²) in [4.78, 5) is 14.4. The molecule has 0 spiro atoms. The number of urea groups is 1. The Labute approximate surface area is 135 Å². The van der Waals surface area contributed by atoms with E-state index >= 15 is 0 Å². The third-order valence-electron chi connectivity index (χ3n) is 4.21. The first-order valence-electron chi connectivity index (χ1n) is 8.00. The number of rotatable bonds is 4. The fourth-order valence-corrected chi connectivity index (χ4v) is 3.07. The van der Waals surface area contributed by atoms with Gasteiger partial charge in [0.25, 0.3) is 0 Å². The lowest BCUT2D eigenvalue weighted by molar-refractivity contribution is 0.173. The number of piperidine rings is 1. The minimum atomic E-state index is -0.0171. The van der Waals surface area contributed by atoms with Gasteiger partial charge < -0.3 is 14.8 Å². The van der Waals surface area contributed by atoms with Crippen LogP contribution in [0.4, 0.5) is 4.79 Å². The highest BCUT2D eigenvalue weighted by Gasteiger charge is 2.27. The number of nitrogens with one attached hydrogen (secondary N) is 1. The van der Waals surface area contributed by atoms with Gasteiger partial charge in [0.2, 0.25) is 0 Å². The lowest BCUT2D eigenvalue weighted by Gasteiger charge is -2.33. The monoisotopic (exact) mass is 317 g/mol. The molecule has 1 saturated heterocycles. The van der Waals surface area contributed by atoms with Gasteiger partial charge in [-0.05, 0) is 25.8 Å². The van der Waals surface area contributed by atoms with Crippen LogP contribution in [0, 0.1) is 0 Å². The van der Waals surface area contributed by atoms with E-state index in [4.69, 9.17) is 0 Å². The van der Waals surface area contributed by atoms with Crippen LogP contribution in [0.3, 0.4) is 0 Å². The molecule has 0 aliphatic carbocycles. The van der Waals surface area contributed by atoms with E-state index in [2.05, 4.69) is 20.6 Å². The van der Waals surface area contributed by atoms with Crippen molar-refractivity contribution in [3.05, 3.63) is 30.6 Å². The SMILES string of the molecule is C[C@@H](Cn1cccn1)NC(=O)N1CCC[C@@H](c2nncn2C)C1. The molecule has 3 rings (SSSR count). The predicted molar refractivity (Wildman–Crippen MR) is 84.8 cm³/mol. The minimum Gasteiger partial charge on any atom is -0.334 e. The molecule has 1 aliphatic heterocycles. The molecule has 8 nitrogen and oxygen atoms in total. The van der Waals surface area contributed by atoms with E-state index in [1.807, 2.05) is 40.4 Å². The van der Waals surface area contributed by atoms with Crippen LogP contribution in [0.2, 0.25) is 0 Å². The number of carbonyl (C=O) groups excluding carboxylic acids is 1. The maximum absolute atomic E-state index is 12.5. The van der Waals surface area contributed by atoms with Gasteiger partial charge in [0.15, 0.2) is 0 Å². The zero-order valence-electron chi connectivity index (χ0n) is 13.6. The second kappa shape index (κ2) is 6.80. The molecule has 124 valence electrons. The van der Waals surface area contributed by atoms with Gasteiger partial charge in [0, 0.05) is 44.5 Å². The largest absolute Gasteiger partial charge is 0.334 e. The van der Waals surface area contributed by atoms with Gasteiger partial charge in [-0.3, -0.25) is 4.68 Å². The van der Waals surface area contributed by atoms with Crippen LogP contribution >= 0.6 is 0 Å². The smallest absolute Gasteiger partial charge is 0.317 e. The lowest BCUT2D eigenvalue weighted by Crippen LogP contribution is -2.48. The van der Waals surface area contributed by atoms with Crippen molar-refractivity contribution in [3.63, 3.8) is 0 Å². The Morgan fingerprint density at radius 3 is 3.09 bits per heavy atom. The number of nitrogens with zero attached hydrogens (tertiary/aromatic N) is 6. The van der Waals surface area contributed by atoms with Crippen molar-refractivity contribution in [3.8, 4) is 0 Å². The van der Waals surface area contributed by atoms with E-state index in [-0.39, 0.29) is 18.0 Å². The summed E-state index contributed by atoms with van der Waals surface area (Å²) in [5, 5.41) is 15.3. The van der Waals surface area contributed by atoms with Crippen molar-refractivity contribution in [2.24, 2.45) is 7.05 Å². The van der Waals surface area contributed by atoms with Gasteiger partial charge in [0.1, 0.15) is 12.2 Å². The van der Waals surface area contributed by atoms with Gasteiger partial charge >= 0.3 is 6.03 Å². The summed E-state index contributed by atoms with van der Waals surface area (Å²) in [6.45, 7) is 4.13. The highest BCUT2D eigenvalue weighted by molar-refractivity contribution is 5.74. The molecule has 2 aromatic heterocycles. The molecular weight excluding hydrogens is 294 g/mol. The minimum absolute atomic E-state index is 0.0171. The number of hydrogen-bond donors (Lipinski definition) is 1. The molecule has 2 atom stereocenters. The van der Waals surface area contributed by atoms with Crippen molar-refractivity contribution < 1.29 is 4.79 Å². The molecule has 1 aliphatic rings. The van der Waals surface area contributed by atoms with Crippen molar-refractivity contribution >= 4 is 6.03 Å². The Balaban J connectivity index is 1.55. The normalized spacial score (nSPS) is 19.6. The zero-order valence-corrected chi connectivity index (χ0v) is 13.6. The predicted octanol–water partition coefficient (Wildman–Crippen LogP) is 0.989. The number of carbonyl (C=O) groups is 1. The van der Waals surface area contributed by atoms with Gasteiger partial charge in [-0.25, -0.2) is 4.79 Å². The van der Waals surface area contributed by atoms with Crippen LogP contribution in [0.5, 0.6) is 0 Å². The fraction of sp³-hybridized carbons (Fsp3) is 0.600. The number of amides is 2. The Hall–Kier alpha value is -2.38. The molecule has 0 radical (unpaired) electrons. The third kappa shape index (κ3) is 3.69. The molecule has 0 saturated carbocycles. The highest BCUT2D eigenvalue weighted by atomic mass is 16.2. The first-order chi connectivity index (χ1) is 11.1. The van der Waals surface area contributed by atoms with Crippen molar-refractivity contribution in [2.75, 3.05) is 13.1 Å². The number of likely N-dealkylation sites (tertiary alicyclic amines) is 1. The molecule has 3 heterocycles. The first kappa shape index (κ1) is 15.5. The Bertz CT molecular complexity index is 636. The van der Waals surface area contributed by atoms with Crippen molar-refractivity contribution in [2.45, 2.75) is 38.3 Å². The molecule has 23 heavy (non-hydrogen) atoms. The van der Waals surface area contributed by atoms with Crippen LogP contribution < -0.4 is 5.32 Å². The maximum Gasteiger partial charge on any atom is 0.317 e. The van der Waals surface area contributed by atoms with Crippen LogP contribution in [-0.4, -0.2) is 54.6 Å². The maximum atomic E-state index is 12.5. The van der Waals surface area contributed by atoms with Crippen LogP contribution in [0.1, 0.15) is 31.5 Å². The second-order valence-corrected chi connectivity index (χ2v) is 6.16. The average molecular weight is 317 g/mol. The number of aryl methyl sites for hydroxylation is 1. The van der Waals surface area contributed by atoms with Crippen molar-refractivity contribution in [1.82, 2.24) is 34.8 Å². The molecule has 2 amide bonds. The molecular formula is C15H23N7O. The van der Waals surface area contributed by atoms with E-state index < -0.39 is 0 Å². The van der Waals surface area contributed by atoms with E-state index in [1.54, 1.807) is 12.5 Å². The van der Waals surface area contributed by atoms with Gasteiger partial charge in [0.05, 0.1) is 6.54 Å². The molecule has 0 unspecified atom stereocenters. The van der Waals surface area contributed by atoms with E-state index in [0.717, 1.165) is 25.2 Å². The third-order valence-corrected chi connectivity index (χ3v) is 4.21. The molecule has 1 fully saturated rings. The van der Waals surface area contributed by atoms with E-state index in [9.17, 15) is 4.79 Å². The first-order valence-corrected chi connectivity index (χ1v) is 8.00. The Morgan fingerprint density at radius 1 is 1.52 bits per heavy atom. The van der Waals surface area contributed by atoms with Gasteiger partial charge in [-0.2, -0.15) is 5.10 Å². The van der Waals surface area contributed by atoms with Crippen LogP contribution in [-0.2, 0) is 13.6 Å². The molecule has 2 aromatic rings. The average Bonchev–Trinajstić information content (AvgIpc) is 3.19.